The lowest BCUT2D eigenvalue weighted by atomic mass is 10.1. The van der Waals surface area contributed by atoms with Gasteiger partial charge in [0.1, 0.15) is 5.82 Å². The lowest BCUT2D eigenvalue weighted by Gasteiger charge is -2.17. The molecular weight excluding hydrogens is 371 g/mol. The van der Waals surface area contributed by atoms with Crippen LogP contribution >= 0.6 is 12.4 Å². The summed E-state index contributed by atoms with van der Waals surface area (Å²) in [5.41, 5.74) is 7.74. The zero-order valence-electron chi connectivity index (χ0n) is 14.7. The molecule has 0 aromatic heterocycles. The first-order valence-corrected chi connectivity index (χ1v) is 8.45. The number of likely N-dealkylation sites (tertiary alicyclic amines) is 1. The summed E-state index contributed by atoms with van der Waals surface area (Å²) in [5, 5.41) is 5.50. The fourth-order valence-electron chi connectivity index (χ4n) is 2.91. The van der Waals surface area contributed by atoms with Gasteiger partial charge in [-0.15, -0.1) is 12.4 Å². The molecule has 2 aromatic carbocycles. The first-order chi connectivity index (χ1) is 12.5. The van der Waals surface area contributed by atoms with Crippen LogP contribution in [0.5, 0.6) is 0 Å². The molecule has 0 spiro atoms. The molecule has 1 atom stereocenters. The van der Waals surface area contributed by atoms with Crippen molar-refractivity contribution in [1.29, 1.82) is 0 Å². The molecule has 0 bridgehead atoms. The van der Waals surface area contributed by atoms with E-state index in [1.807, 2.05) is 12.1 Å². The Balaban J connectivity index is 0.00000261. The fourth-order valence-corrected chi connectivity index (χ4v) is 2.91. The van der Waals surface area contributed by atoms with Gasteiger partial charge < -0.3 is 21.3 Å². The molecule has 1 fully saturated rings. The highest BCUT2D eigenvalue weighted by molar-refractivity contribution is 5.89. The minimum Gasteiger partial charge on any atom is -0.399 e. The van der Waals surface area contributed by atoms with Crippen LogP contribution in [0.2, 0.25) is 0 Å². The Kier molecular flexibility index (Phi) is 7.01. The largest absolute Gasteiger partial charge is 0.399 e. The number of carbonyl (C=O) groups excluding carboxylic acids is 2. The summed E-state index contributed by atoms with van der Waals surface area (Å²) in [5.74, 6) is -0.333. The van der Waals surface area contributed by atoms with Crippen molar-refractivity contribution in [3.8, 4) is 0 Å². The van der Waals surface area contributed by atoms with Crippen molar-refractivity contribution in [3.05, 3.63) is 59.9 Å². The summed E-state index contributed by atoms with van der Waals surface area (Å²) in [6.07, 6.45) is 1.01. The number of amides is 3. The maximum Gasteiger partial charge on any atom is 0.319 e. The molecule has 1 aliphatic heterocycles. The van der Waals surface area contributed by atoms with E-state index in [0.29, 0.717) is 37.3 Å². The quantitative estimate of drug-likeness (QED) is 0.699. The van der Waals surface area contributed by atoms with Crippen molar-refractivity contribution in [2.75, 3.05) is 24.1 Å². The highest BCUT2D eigenvalue weighted by atomic mass is 35.5. The Labute approximate surface area is 163 Å². The molecule has 3 rings (SSSR count). The molecule has 4 N–H and O–H groups in total. The first-order valence-electron chi connectivity index (χ1n) is 8.45. The number of nitrogens with zero attached hydrogens (tertiary/aromatic N) is 1. The van der Waals surface area contributed by atoms with Crippen LogP contribution in [-0.2, 0) is 11.2 Å². The summed E-state index contributed by atoms with van der Waals surface area (Å²) < 4.78 is 12.9. The third-order valence-corrected chi connectivity index (χ3v) is 4.31. The molecule has 2 aromatic rings. The topological polar surface area (TPSA) is 87.5 Å². The van der Waals surface area contributed by atoms with Gasteiger partial charge in [0.05, 0.1) is 6.42 Å². The number of carbonyl (C=O) groups is 2. The Morgan fingerprint density at radius 3 is 2.44 bits per heavy atom. The molecule has 0 saturated carbocycles. The summed E-state index contributed by atoms with van der Waals surface area (Å²) in [7, 11) is 0. The van der Waals surface area contributed by atoms with Gasteiger partial charge in [0.15, 0.2) is 0 Å². The van der Waals surface area contributed by atoms with Gasteiger partial charge in [0, 0.05) is 30.5 Å². The van der Waals surface area contributed by atoms with E-state index in [2.05, 4.69) is 10.6 Å². The normalized spacial score (nSPS) is 15.7. The highest BCUT2D eigenvalue weighted by Gasteiger charge is 2.27. The number of rotatable bonds is 4. The van der Waals surface area contributed by atoms with E-state index in [1.54, 1.807) is 17.0 Å². The van der Waals surface area contributed by atoms with Gasteiger partial charge in [-0.2, -0.15) is 0 Å². The Morgan fingerprint density at radius 1 is 1.11 bits per heavy atom. The Hall–Kier alpha value is -2.80. The van der Waals surface area contributed by atoms with E-state index >= 15 is 0 Å². The van der Waals surface area contributed by atoms with Crippen molar-refractivity contribution in [2.24, 2.45) is 0 Å². The molecule has 0 aliphatic carbocycles. The van der Waals surface area contributed by atoms with Crippen LogP contribution in [0.25, 0.3) is 0 Å². The van der Waals surface area contributed by atoms with Crippen molar-refractivity contribution < 1.29 is 14.0 Å². The zero-order chi connectivity index (χ0) is 18.5. The number of nitrogens with one attached hydrogen (secondary N) is 2. The molecule has 1 unspecified atom stereocenters. The number of nitrogens with two attached hydrogens (primary N) is 1. The average molecular weight is 393 g/mol. The second-order valence-electron chi connectivity index (χ2n) is 6.35. The number of benzene rings is 2. The van der Waals surface area contributed by atoms with Crippen LogP contribution in [0.4, 0.5) is 20.6 Å². The van der Waals surface area contributed by atoms with Crippen molar-refractivity contribution in [3.63, 3.8) is 0 Å². The summed E-state index contributed by atoms with van der Waals surface area (Å²) in [6.45, 7) is 1.08. The van der Waals surface area contributed by atoms with Crippen LogP contribution in [0.3, 0.4) is 0 Å². The van der Waals surface area contributed by atoms with Gasteiger partial charge >= 0.3 is 6.03 Å². The Bertz CT molecular complexity index is 783. The second kappa shape index (κ2) is 9.23. The smallest absolute Gasteiger partial charge is 0.319 e. The number of anilines is 2. The molecule has 8 heteroatoms. The number of halogens is 2. The molecule has 3 amide bonds. The summed E-state index contributed by atoms with van der Waals surface area (Å²) in [6, 6.07) is 12.3. The molecule has 1 saturated heterocycles. The van der Waals surface area contributed by atoms with E-state index in [1.165, 1.54) is 24.3 Å². The van der Waals surface area contributed by atoms with Gasteiger partial charge in [0.25, 0.3) is 0 Å². The first kappa shape index (κ1) is 20.5. The lowest BCUT2D eigenvalue weighted by Crippen LogP contribution is -2.40. The van der Waals surface area contributed by atoms with Gasteiger partial charge in [-0.25, -0.2) is 9.18 Å². The maximum absolute atomic E-state index is 12.9. The van der Waals surface area contributed by atoms with E-state index < -0.39 is 0 Å². The third kappa shape index (κ3) is 5.86. The SMILES string of the molecule is Cl.Nc1ccc(CC(=O)N2CCC(NC(=O)Nc3ccc(F)cc3)C2)cc1. The lowest BCUT2D eigenvalue weighted by molar-refractivity contribution is -0.129. The van der Waals surface area contributed by atoms with Gasteiger partial charge in [-0.1, -0.05) is 12.1 Å². The van der Waals surface area contributed by atoms with E-state index in [-0.39, 0.29) is 36.2 Å². The number of hydrogen-bond acceptors (Lipinski definition) is 3. The van der Waals surface area contributed by atoms with E-state index in [9.17, 15) is 14.0 Å². The van der Waals surface area contributed by atoms with Gasteiger partial charge in [-0.3, -0.25) is 4.79 Å². The zero-order valence-corrected chi connectivity index (χ0v) is 15.5. The molecule has 6 nitrogen and oxygen atoms in total. The number of urea groups is 1. The van der Waals surface area contributed by atoms with Crippen LogP contribution in [-0.4, -0.2) is 36.0 Å². The number of nitrogen functional groups attached to an aromatic ring is 1. The molecule has 1 heterocycles. The van der Waals surface area contributed by atoms with Gasteiger partial charge in [-0.05, 0) is 48.4 Å². The molecule has 0 radical (unpaired) electrons. The third-order valence-electron chi connectivity index (χ3n) is 4.31. The van der Waals surface area contributed by atoms with Crippen molar-refractivity contribution >= 4 is 35.7 Å². The summed E-state index contributed by atoms with van der Waals surface area (Å²) >= 11 is 0. The van der Waals surface area contributed by atoms with Crippen LogP contribution in [0.15, 0.2) is 48.5 Å². The predicted molar refractivity (Wildman–Crippen MR) is 105 cm³/mol. The second-order valence-corrected chi connectivity index (χ2v) is 6.35. The maximum atomic E-state index is 12.9. The van der Waals surface area contributed by atoms with Crippen molar-refractivity contribution in [1.82, 2.24) is 10.2 Å². The minimum absolute atomic E-state index is 0. The molecule has 144 valence electrons. The average Bonchev–Trinajstić information content (AvgIpc) is 3.07. The summed E-state index contributed by atoms with van der Waals surface area (Å²) in [4.78, 5) is 26.2. The van der Waals surface area contributed by atoms with Crippen LogP contribution < -0.4 is 16.4 Å². The van der Waals surface area contributed by atoms with Gasteiger partial charge in [0.2, 0.25) is 5.91 Å². The highest BCUT2D eigenvalue weighted by Crippen LogP contribution is 2.14. The number of hydrogen-bond donors (Lipinski definition) is 3. The monoisotopic (exact) mass is 392 g/mol. The van der Waals surface area contributed by atoms with E-state index in [4.69, 9.17) is 5.73 Å². The Morgan fingerprint density at radius 2 is 1.78 bits per heavy atom. The fraction of sp³-hybridized carbons (Fsp3) is 0.263. The van der Waals surface area contributed by atoms with Crippen LogP contribution in [0.1, 0.15) is 12.0 Å². The molecular formula is C19H22ClFN4O2. The molecule has 27 heavy (non-hydrogen) atoms. The standard InChI is InChI=1S/C19H21FN4O2.ClH/c20-14-3-7-16(8-4-14)22-19(26)23-17-9-10-24(12-17)18(25)11-13-1-5-15(21)6-2-13;/h1-8,17H,9-12,21H2,(H2,22,23,26);1H. The van der Waals surface area contributed by atoms with Crippen LogP contribution in [0, 0.1) is 5.82 Å². The minimum atomic E-state index is -0.366. The van der Waals surface area contributed by atoms with E-state index in [0.717, 1.165) is 5.56 Å². The molecule has 1 aliphatic rings. The predicted octanol–water partition coefficient (Wildman–Crippen LogP) is 2.79. The van der Waals surface area contributed by atoms with Crippen molar-refractivity contribution in [2.45, 2.75) is 18.9 Å².